The number of halogens is 4. The molecule has 1 aliphatic rings. The number of hydrogen-bond donors (Lipinski definition) is 1. The number of alkyl halides is 3. The van der Waals surface area contributed by atoms with Gasteiger partial charge in [0.2, 0.25) is 0 Å². The van der Waals surface area contributed by atoms with Gasteiger partial charge in [-0.3, -0.25) is 4.79 Å². The lowest BCUT2D eigenvalue weighted by molar-refractivity contribution is -0.155. The van der Waals surface area contributed by atoms with E-state index in [0.717, 1.165) is 19.2 Å². The first-order valence-electron chi connectivity index (χ1n) is 8.87. The number of likely N-dealkylation sites (N-methyl/N-ethyl adjacent to an activating group) is 1. The first-order chi connectivity index (χ1) is 13.1. The summed E-state index contributed by atoms with van der Waals surface area (Å²) in [6.07, 6.45) is -1.92. The van der Waals surface area contributed by atoms with Gasteiger partial charge in [-0.2, -0.15) is 13.2 Å². The van der Waals surface area contributed by atoms with Crippen LogP contribution in [0, 0.1) is 5.82 Å². The van der Waals surface area contributed by atoms with Crippen LogP contribution in [0.25, 0.3) is 0 Å². The number of rotatable bonds is 4. The van der Waals surface area contributed by atoms with E-state index < -0.39 is 23.9 Å². The molecule has 1 amide bonds. The van der Waals surface area contributed by atoms with Crippen LogP contribution in [0.2, 0.25) is 0 Å². The molecule has 1 fully saturated rings. The largest absolute Gasteiger partial charge is 0.412 e. The van der Waals surface area contributed by atoms with Crippen LogP contribution in [0.5, 0.6) is 0 Å². The van der Waals surface area contributed by atoms with Gasteiger partial charge in [0.15, 0.2) is 6.04 Å². The highest BCUT2D eigenvalue weighted by Gasteiger charge is 2.42. The summed E-state index contributed by atoms with van der Waals surface area (Å²) in [6.45, 7) is 2.85. The summed E-state index contributed by atoms with van der Waals surface area (Å²) in [5.74, 6) is -1.60. The third-order valence-electron chi connectivity index (χ3n) is 4.84. The van der Waals surface area contributed by atoms with Gasteiger partial charge in [0.05, 0.1) is 5.69 Å². The number of carbonyl (C=O) groups excluding carboxylic acids is 1. The Morgan fingerprint density at radius 3 is 2.32 bits per heavy atom. The van der Waals surface area contributed by atoms with Crippen LogP contribution >= 0.6 is 0 Å². The summed E-state index contributed by atoms with van der Waals surface area (Å²) in [4.78, 5) is 16.3. The maximum Gasteiger partial charge on any atom is 0.412 e. The predicted molar refractivity (Wildman–Crippen MR) is 97.8 cm³/mol. The lowest BCUT2D eigenvalue weighted by atomic mass is 10.1. The third kappa shape index (κ3) is 4.46. The van der Waals surface area contributed by atoms with Crippen molar-refractivity contribution in [3.8, 4) is 0 Å². The summed E-state index contributed by atoms with van der Waals surface area (Å²) in [6, 6.07) is 2.91. The fourth-order valence-corrected chi connectivity index (χ4v) is 3.22. The molecule has 0 aliphatic carbocycles. The van der Waals surface area contributed by atoms with Crippen molar-refractivity contribution in [3.05, 3.63) is 53.6 Å². The van der Waals surface area contributed by atoms with Crippen LogP contribution in [-0.4, -0.2) is 54.8 Å². The molecule has 0 saturated carbocycles. The number of carbonyl (C=O) groups is 1. The fraction of sp³-hybridized carbons (Fsp3) is 0.421. The fourth-order valence-electron chi connectivity index (χ4n) is 3.22. The van der Waals surface area contributed by atoms with Crippen LogP contribution in [0.1, 0.15) is 22.0 Å². The minimum Gasteiger partial charge on any atom is -0.367 e. The Hall–Kier alpha value is -2.55. The first-order valence-corrected chi connectivity index (χ1v) is 8.87. The second-order valence-corrected chi connectivity index (χ2v) is 7.01. The van der Waals surface area contributed by atoms with Crippen molar-refractivity contribution in [3.63, 3.8) is 0 Å². The molecule has 3 rings (SSSR count). The Kier molecular flexibility index (Phi) is 5.64. The molecule has 0 spiro atoms. The van der Waals surface area contributed by atoms with Crippen molar-refractivity contribution in [2.24, 2.45) is 7.05 Å². The number of nitrogens with zero attached hydrogens (tertiary/aromatic N) is 3. The lowest BCUT2D eigenvalue weighted by Gasteiger charge is -2.34. The van der Waals surface area contributed by atoms with E-state index in [9.17, 15) is 22.4 Å². The summed E-state index contributed by atoms with van der Waals surface area (Å²) in [7, 11) is 3.57. The normalized spacial score (nSPS) is 16.9. The van der Waals surface area contributed by atoms with Gasteiger partial charge in [0.25, 0.3) is 5.91 Å². The highest BCUT2D eigenvalue weighted by Crippen LogP contribution is 2.33. The van der Waals surface area contributed by atoms with Crippen molar-refractivity contribution in [2.45, 2.75) is 12.2 Å². The van der Waals surface area contributed by atoms with E-state index in [1.54, 1.807) is 7.05 Å². The van der Waals surface area contributed by atoms with Gasteiger partial charge < -0.3 is 19.7 Å². The average molecular weight is 398 g/mol. The van der Waals surface area contributed by atoms with Gasteiger partial charge in [-0.1, -0.05) is 0 Å². The Balaban J connectivity index is 1.77. The van der Waals surface area contributed by atoms with Crippen molar-refractivity contribution in [2.75, 3.05) is 38.1 Å². The third-order valence-corrected chi connectivity index (χ3v) is 4.84. The first kappa shape index (κ1) is 20.2. The highest BCUT2D eigenvalue weighted by molar-refractivity contribution is 5.95. The number of hydrogen-bond acceptors (Lipinski definition) is 3. The maximum absolute atomic E-state index is 14.5. The molecule has 2 aromatic rings. The monoisotopic (exact) mass is 398 g/mol. The van der Waals surface area contributed by atoms with E-state index in [-0.39, 0.29) is 11.1 Å². The zero-order chi connectivity index (χ0) is 20.5. The predicted octanol–water partition coefficient (Wildman–Crippen LogP) is 2.95. The molecular formula is C19H22F4N4O. The molecule has 0 bridgehead atoms. The smallest absolute Gasteiger partial charge is 0.367 e. The van der Waals surface area contributed by atoms with Crippen LogP contribution in [-0.2, 0) is 7.05 Å². The zero-order valence-electron chi connectivity index (χ0n) is 15.6. The molecule has 1 saturated heterocycles. The van der Waals surface area contributed by atoms with Crippen LogP contribution in [0.15, 0.2) is 36.7 Å². The quantitative estimate of drug-likeness (QED) is 0.806. The molecule has 0 unspecified atom stereocenters. The van der Waals surface area contributed by atoms with Gasteiger partial charge >= 0.3 is 6.18 Å². The molecule has 2 heterocycles. The minimum atomic E-state index is -4.67. The molecule has 5 nitrogen and oxygen atoms in total. The van der Waals surface area contributed by atoms with Crippen LogP contribution in [0.3, 0.4) is 0 Å². The second-order valence-electron chi connectivity index (χ2n) is 7.01. The molecule has 1 aromatic carbocycles. The Morgan fingerprint density at radius 1 is 1.11 bits per heavy atom. The molecule has 9 heteroatoms. The van der Waals surface area contributed by atoms with E-state index in [1.807, 2.05) is 17.3 Å². The van der Waals surface area contributed by atoms with E-state index in [0.29, 0.717) is 18.8 Å². The number of aryl methyl sites for hydroxylation is 1. The molecule has 28 heavy (non-hydrogen) atoms. The maximum atomic E-state index is 14.5. The van der Waals surface area contributed by atoms with Crippen LogP contribution in [0.4, 0.5) is 23.2 Å². The lowest BCUT2D eigenvalue weighted by Crippen LogP contribution is -2.44. The molecule has 1 atom stereocenters. The van der Waals surface area contributed by atoms with Crippen molar-refractivity contribution >= 4 is 11.6 Å². The van der Waals surface area contributed by atoms with E-state index >= 15 is 0 Å². The zero-order valence-corrected chi connectivity index (χ0v) is 15.6. The second kappa shape index (κ2) is 7.83. The Bertz CT molecular complexity index is 841. The summed E-state index contributed by atoms with van der Waals surface area (Å²) >= 11 is 0. The van der Waals surface area contributed by atoms with Crippen LogP contribution < -0.4 is 10.2 Å². The van der Waals surface area contributed by atoms with Gasteiger partial charge in [-0.15, -0.1) is 0 Å². The van der Waals surface area contributed by atoms with Gasteiger partial charge in [-0.25, -0.2) is 4.39 Å². The number of aromatic nitrogens is 1. The molecule has 1 aliphatic heterocycles. The van der Waals surface area contributed by atoms with Gasteiger partial charge in [0, 0.05) is 56.7 Å². The van der Waals surface area contributed by atoms with E-state index in [2.05, 4.69) is 4.90 Å². The number of amides is 1. The Labute approximate surface area is 160 Å². The SMILES string of the molecule is CN1CCN(c2ccc(C(=O)N[C@@H](c3ccn(C)c3)C(F)(F)F)cc2F)CC1. The molecule has 1 N–H and O–H groups in total. The molecule has 1 aromatic heterocycles. The minimum absolute atomic E-state index is 0.0853. The topological polar surface area (TPSA) is 40.5 Å². The number of anilines is 1. The molecular weight excluding hydrogens is 376 g/mol. The van der Waals surface area contributed by atoms with Crippen molar-refractivity contribution in [1.82, 2.24) is 14.8 Å². The van der Waals surface area contributed by atoms with E-state index in [1.165, 1.54) is 35.2 Å². The number of nitrogens with one attached hydrogen (secondary N) is 1. The highest BCUT2D eigenvalue weighted by atomic mass is 19.4. The summed E-state index contributed by atoms with van der Waals surface area (Å²) in [5.41, 5.74) is 0.110. The summed E-state index contributed by atoms with van der Waals surface area (Å²) < 4.78 is 56.2. The number of benzene rings is 1. The average Bonchev–Trinajstić information content (AvgIpc) is 3.05. The standard InChI is InChI=1S/C19H22F4N4O/c1-25-7-9-27(10-8-25)16-4-3-13(11-15(16)20)18(28)24-17(19(21,22)23)14-5-6-26(2)12-14/h3-6,11-12,17H,7-10H2,1-2H3,(H,24,28)/t17-/m0/s1. The van der Waals surface area contributed by atoms with Gasteiger partial charge in [0.1, 0.15) is 5.82 Å². The summed E-state index contributed by atoms with van der Waals surface area (Å²) in [5, 5.41) is 1.97. The van der Waals surface area contributed by atoms with Crippen molar-refractivity contribution in [1.29, 1.82) is 0 Å². The molecule has 152 valence electrons. The van der Waals surface area contributed by atoms with E-state index in [4.69, 9.17) is 0 Å². The van der Waals surface area contributed by atoms with Crippen molar-refractivity contribution < 1.29 is 22.4 Å². The molecule has 0 radical (unpaired) electrons. The van der Waals surface area contributed by atoms with Gasteiger partial charge in [-0.05, 0) is 31.3 Å². The Morgan fingerprint density at radius 2 is 1.79 bits per heavy atom. The number of piperazine rings is 1.